The molecule has 6 nitrogen and oxygen atoms in total. The van der Waals surface area contributed by atoms with Crippen molar-refractivity contribution in [3.63, 3.8) is 0 Å². The molecule has 2 aromatic carbocycles. The van der Waals surface area contributed by atoms with Gasteiger partial charge in [0.25, 0.3) is 0 Å². The van der Waals surface area contributed by atoms with E-state index in [1.54, 1.807) is 12.1 Å². The Balaban J connectivity index is 1.50. The minimum absolute atomic E-state index is 0.0785. The van der Waals surface area contributed by atoms with Crippen LogP contribution in [0.4, 0.5) is 5.69 Å². The van der Waals surface area contributed by atoms with Gasteiger partial charge in [-0.15, -0.1) is 0 Å². The second kappa shape index (κ2) is 8.53. The van der Waals surface area contributed by atoms with Gasteiger partial charge >= 0.3 is 0 Å². The smallest absolute Gasteiger partial charge is 0.238 e. The second-order valence-corrected chi connectivity index (χ2v) is 8.77. The van der Waals surface area contributed by atoms with E-state index in [0.29, 0.717) is 5.11 Å². The van der Waals surface area contributed by atoms with Crippen LogP contribution in [-0.4, -0.2) is 49.5 Å². The first kappa shape index (κ1) is 20.0. The minimum atomic E-state index is -3.69. The number of rotatable bonds is 4. The highest BCUT2D eigenvalue weighted by Gasteiger charge is 2.19. The molecule has 1 heterocycles. The lowest BCUT2D eigenvalue weighted by Crippen LogP contribution is -2.49. The molecule has 1 saturated heterocycles. The molecule has 0 unspecified atom stereocenters. The van der Waals surface area contributed by atoms with Crippen molar-refractivity contribution >= 4 is 44.6 Å². The molecule has 1 aliphatic heterocycles. The van der Waals surface area contributed by atoms with Gasteiger partial charge in [0.1, 0.15) is 0 Å². The number of halogens is 1. The van der Waals surface area contributed by atoms with Crippen LogP contribution in [0.25, 0.3) is 0 Å². The summed E-state index contributed by atoms with van der Waals surface area (Å²) < 4.78 is 22.6. The number of piperazine rings is 1. The summed E-state index contributed by atoms with van der Waals surface area (Å²) in [7, 11) is -3.69. The normalized spacial score (nSPS) is 15.6. The molecule has 0 aromatic heterocycles. The Hall–Kier alpha value is -1.71. The van der Waals surface area contributed by atoms with Crippen molar-refractivity contribution in [1.29, 1.82) is 0 Å². The molecule has 0 saturated carbocycles. The Morgan fingerprint density at radius 1 is 1.04 bits per heavy atom. The number of nitrogens with two attached hydrogens (primary N) is 1. The van der Waals surface area contributed by atoms with E-state index >= 15 is 0 Å². The molecule has 144 valence electrons. The third-order valence-electron chi connectivity index (χ3n) is 4.41. The topological polar surface area (TPSA) is 78.7 Å². The lowest BCUT2D eigenvalue weighted by Gasteiger charge is -2.36. The molecule has 0 amide bonds. The lowest BCUT2D eigenvalue weighted by molar-refractivity contribution is 0.177. The van der Waals surface area contributed by atoms with E-state index < -0.39 is 10.0 Å². The summed E-state index contributed by atoms with van der Waals surface area (Å²) in [6.07, 6.45) is 0. The van der Waals surface area contributed by atoms with Gasteiger partial charge in [0.15, 0.2) is 5.11 Å². The SMILES string of the molecule is NS(=O)(=O)c1ccc(NC(=S)N2CCN(Cc3ccc(Cl)cc3)CC2)cc1. The number of anilines is 1. The summed E-state index contributed by atoms with van der Waals surface area (Å²) in [4.78, 5) is 4.57. The zero-order valence-electron chi connectivity index (χ0n) is 14.6. The maximum absolute atomic E-state index is 11.3. The van der Waals surface area contributed by atoms with Crippen LogP contribution >= 0.6 is 23.8 Å². The first-order valence-corrected chi connectivity index (χ1v) is 10.8. The Kier molecular flexibility index (Phi) is 6.33. The predicted octanol–water partition coefficient (Wildman–Crippen LogP) is 2.50. The van der Waals surface area contributed by atoms with Crippen LogP contribution in [0.5, 0.6) is 0 Å². The summed E-state index contributed by atoms with van der Waals surface area (Å²) in [6.45, 7) is 4.37. The van der Waals surface area contributed by atoms with E-state index in [0.717, 1.165) is 43.4 Å². The quantitative estimate of drug-likeness (QED) is 0.734. The molecule has 0 atom stereocenters. The van der Waals surface area contributed by atoms with Gasteiger partial charge in [-0.3, -0.25) is 4.90 Å². The van der Waals surface area contributed by atoms with Gasteiger partial charge in [-0.05, 0) is 54.2 Å². The van der Waals surface area contributed by atoms with Gasteiger partial charge in [-0.1, -0.05) is 23.7 Å². The van der Waals surface area contributed by atoms with E-state index in [9.17, 15) is 8.42 Å². The molecule has 9 heteroatoms. The largest absolute Gasteiger partial charge is 0.346 e. The van der Waals surface area contributed by atoms with Crippen molar-refractivity contribution in [1.82, 2.24) is 9.80 Å². The van der Waals surface area contributed by atoms with E-state index in [4.69, 9.17) is 29.0 Å². The molecule has 0 radical (unpaired) electrons. The third kappa shape index (κ3) is 5.63. The van der Waals surface area contributed by atoms with E-state index in [-0.39, 0.29) is 4.90 Å². The van der Waals surface area contributed by atoms with Gasteiger partial charge in [-0.25, -0.2) is 13.6 Å². The van der Waals surface area contributed by atoms with Crippen molar-refractivity contribution < 1.29 is 8.42 Å². The molecular weight excluding hydrogens is 404 g/mol. The van der Waals surface area contributed by atoms with E-state index in [2.05, 4.69) is 15.1 Å². The van der Waals surface area contributed by atoms with Crippen molar-refractivity contribution in [2.75, 3.05) is 31.5 Å². The fourth-order valence-electron chi connectivity index (χ4n) is 2.89. The predicted molar refractivity (Wildman–Crippen MR) is 112 cm³/mol. The Morgan fingerprint density at radius 2 is 1.63 bits per heavy atom. The summed E-state index contributed by atoms with van der Waals surface area (Å²) >= 11 is 11.4. The second-order valence-electron chi connectivity index (χ2n) is 6.39. The highest BCUT2D eigenvalue weighted by atomic mass is 35.5. The van der Waals surface area contributed by atoms with Crippen LogP contribution < -0.4 is 10.5 Å². The first-order valence-electron chi connectivity index (χ1n) is 8.47. The molecule has 0 spiro atoms. The lowest BCUT2D eigenvalue weighted by atomic mass is 10.2. The summed E-state index contributed by atoms with van der Waals surface area (Å²) in [6, 6.07) is 14.2. The number of benzene rings is 2. The zero-order chi connectivity index (χ0) is 19.4. The Bertz CT molecular complexity index is 894. The van der Waals surface area contributed by atoms with Crippen LogP contribution in [0.1, 0.15) is 5.56 Å². The molecule has 0 aliphatic carbocycles. The fourth-order valence-corrected chi connectivity index (χ4v) is 3.83. The minimum Gasteiger partial charge on any atom is -0.346 e. The van der Waals surface area contributed by atoms with Gasteiger partial charge in [0.2, 0.25) is 10.0 Å². The number of primary sulfonamides is 1. The average Bonchev–Trinajstić information content (AvgIpc) is 2.64. The first-order chi connectivity index (χ1) is 12.8. The highest BCUT2D eigenvalue weighted by molar-refractivity contribution is 7.89. The van der Waals surface area contributed by atoms with Gasteiger partial charge in [-0.2, -0.15) is 0 Å². The van der Waals surface area contributed by atoms with Crippen molar-refractivity contribution in [2.24, 2.45) is 5.14 Å². The number of thiocarbonyl (C=S) groups is 1. The summed E-state index contributed by atoms with van der Waals surface area (Å²) in [5.74, 6) is 0. The van der Waals surface area contributed by atoms with Crippen LogP contribution in [-0.2, 0) is 16.6 Å². The monoisotopic (exact) mass is 424 g/mol. The van der Waals surface area contributed by atoms with Crippen molar-refractivity contribution in [3.05, 3.63) is 59.1 Å². The summed E-state index contributed by atoms with van der Waals surface area (Å²) in [5.41, 5.74) is 1.97. The van der Waals surface area contributed by atoms with Crippen LogP contribution in [0, 0.1) is 0 Å². The van der Waals surface area contributed by atoms with Crippen LogP contribution in [0.2, 0.25) is 5.02 Å². The van der Waals surface area contributed by atoms with Crippen molar-refractivity contribution in [3.8, 4) is 0 Å². The average molecular weight is 425 g/mol. The van der Waals surface area contributed by atoms with Gasteiger partial charge in [0, 0.05) is 43.4 Å². The van der Waals surface area contributed by atoms with E-state index in [1.165, 1.54) is 17.7 Å². The Labute approximate surface area is 170 Å². The maximum Gasteiger partial charge on any atom is 0.238 e. The molecule has 3 N–H and O–H groups in total. The standard InChI is InChI=1S/C18H21ClN4O2S2/c19-15-3-1-14(2-4-15)13-22-9-11-23(12-10-22)18(26)21-16-5-7-17(8-6-16)27(20,24)25/h1-8H,9-13H2,(H,21,26)(H2,20,24,25). The number of sulfonamides is 1. The zero-order valence-corrected chi connectivity index (χ0v) is 17.0. The molecule has 1 fully saturated rings. The van der Waals surface area contributed by atoms with Crippen LogP contribution in [0.3, 0.4) is 0 Å². The molecule has 0 bridgehead atoms. The van der Waals surface area contributed by atoms with Gasteiger partial charge in [0.05, 0.1) is 4.90 Å². The number of nitrogens with zero attached hydrogens (tertiary/aromatic N) is 2. The van der Waals surface area contributed by atoms with E-state index in [1.807, 2.05) is 24.3 Å². The number of hydrogen-bond donors (Lipinski definition) is 2. The third-order valence-corrected chi connectivity index (χ3v) is 5.95. The highest BCUT2D eigenvalue weighted by Crippen LogP contribution is 2.15. The van der Waals surface area contributed by atoms with Crippen LogP contribution in [0.15, 0.2) is 53.4 Å². The maximum atomic E-state index is 11.3. The van der Waals surface area contributed by atoms with Gasteiger partial charge < -0.3 is 10.2 Å². The number of hydrogen-bond acceptors (Lipinski definition) is 4. The number of nitrogens with one attached hydrogen (secondary N) is 1. The summed E-state index contributed by atoms with van der Waals surface area (Å²) in [5, 5.41) is 9.63. The molecule has 2 aromatic rings. The fraction of sp³-hybridized carbons (Fsp3) is 0.278. The molecular formula is C18H21ClN4O2S2. The van der Waals surface area contributed by atoms with Crippen molar-refractivity contribution in [2.45, 2.75) is 11.4 Å². The molecule has 3 rings (SSSR count). The molecule has 27 heavy (non-hydrogen) atoms. The Morgan fingerprint density at radius 3 is 2.19 bits per heavy atom. The molecule has 1 aliphatic rings.